The minimum Gasteiger partial charge on any atom is -0.790 e. The number of fused-ring (bicyclic) bond motifs is 1. The summed E-state index contributed by atoms with van der Waals surface area (Å²) in [6, 6.07) is 9.00. The summed E-state index contributed by atoms with van der Waals surface area (Å²) in [7, 11) is -3.82. The number of hydrogen-bond donors (Lipinski definition) is 0. The third kappa shape index (κ3) is 6.92. The second kappa shape index (κ2) is 11.8. The average molecular weight is 493 g/mol. The van der Waals surface area contributed by atoms with E-state index in [1.807, 2.05) is 0 Å². The SMILES string of the molecule is COc1ccc(-c2cn(COP(=O)([O-])[O-])c3c(OCC4CC4)ccc(F)c3c2=O)cc1.[Na+].[Na+]. The van der Waals surface area contributed by atoms with E-state index >= 15 is 0 Å². The zero-order valence-corrected chi connectivity index (χ0v) is 23.5. The van der Waals surface area contributed by atoms with Gasteiger partial charge in [-0.2, -0.15) is 0 Å². The number of phosphoric ester groups is 1. The monoisotopic (exact) mass is 493 g/mol. The van der Waals surface area contributed by atoms with Crippen LogP contribution in [0, 0.1) is 11.7 Å². The summed E-state index contributed by atoms with van der Waals surface area (Å²) in [6.45, 7) is -0.342. The largest absolute Gasteiger partial charge is 1.00 e. The number of aromatic nitrogens is 1. The molecule has 0 N–H and O–H groups in total. The van der Waals surface area contributed by atoms with E-state index in [0.717, 1.165) is 18.9 Å². The van der Waals surface area contributed by atoms with Gasteiger partial charge in [0.15, 0.2) is 5.43 Å². The Morgan fingerprint density at radius 2 is 1.79 bits per heavy atom. The van der Waals surface area contributed by atoms with Crippen LogP contribution < -0.4 is 83.8 Å². The molecule has 2 aromatic carbocycles. The van der Waals surface area contributed by atoms with E-state index < -0.39 is 25.8 Å². The van der Waals surface area contributed by atoms with E-state index in [2.05, 4.69) is 4.52 Å². The average Bonchev–Trinajstić information content (AvgIpc) is 3.56. The number of phosphoric acid groups is 1. The first kappa shape index (κ1) is 28.5. The van der Waals surface area contributed by atoms with E-state index in [4.69, 9.17) is 9.47 Å². The van der Waals surface area contributed by atoms with E-state index in [-0.39, 0.29) is 81.3 Å². The van der Waals surface area contributed by atoms with Gasteiger partial charge in [0.25, 0.3) is 0 Å². The Hall–Kier alpha value is -0.710. The molecular weight excluding hydrogens is 474 g/mol. The van der Waals surface area contributed by atoms with Crippen molar-refractivity contribution in [3.63, 3.8) is 0 Å². The zero-order chi connectivity index (χ0) is 22.2. The smallest absolute Gasteiger partial charge is 0.790 e. The Morgan fingerprint density at radius 1 is 1.12 bits per heavy atom. The molecule has 0 unspecified atom stereocenters. The molecule has 0 radical (unpaired) electrons. The Kier molecular flexibility index (Phi) is 10.2. The van der Waals surface area contributed by atoms with Crippen molar-refractivity contribution in [3.05, 3.63) is 58.6 Å². The minimum absolute atomic E-state index is 0. The molecule has 1 aliphatic rings. The molecular formula is C21H19FNNa2O7P. The maximum absolute atomic E-state index is 14.8. The van der Waals surface area contributed by atoms with Crippen molar-refractivity contribution >= 4 is 18.7 Å². The Morgan fingerprint density at radius 3 is 2.36 bits per heavy atom. The molecule has 0 aliphatic heterocycles. The van der Waals surface area contributed by atoms with Gasteiger partial charge in [0, 0.05) is 11.8 Å². The van der Waals surface area contributed by atoms with Gasteiger partial charge in [-0.3, -0.25) is 4.79 Å². The summed E-state index contributed by atoms with van der Waals surface area (Å²) in [5, 5.41) is -0.281. The summed E-state index contributed by atoms with van der Waals surface area (Å²) in [5.41, 5.74) is -0.0178. The molecule has 0 amide bonds. The second-order valence-electron chi connectivity index (χ2n) is 7.30. The van der Waals surface area contributed by atoms with Crippen molar-refractivity contribution in [1.82, 2.24) is 4.57 Å². The van der Waals surface area contributed by atoms with Crippen molar-refractivity contribution in [2.45, 2.75) is 19.6 Å². The molecule has 12 heteroatoms. The van der Waals surface area contributed by atoms with Crippen LogP contribution in [0.5, 0.6) is 11.5 Å². The topological polar surface area (TPSA) is 113 Å². The van der Waals surface area contributed by atoms with Crippen LogP contribution >= 0.6 is 7.82 Å². The number of hydrogen-bond acceptors (Lipinski definition) is 7. The molecule has 1 fully saturated rings. The number of ether oxygens (including phenoxy) is 2. The Labute approximate surface area is 233 Å². The van der Waals surface area contributed by atoms with Crippen LogP contribution in [0.3, 0.4) is 0 Å². The molecule has 164 valence electrons. The van der Waals surface area contributed by atoms with E-state index in [1.54, 1.807) is 24.3 Å². The fourth-order valence-corrected chi connectivity index (χ4v) is 3.55. The summed E-state index contributed by atoms with van der Waals surface area (Å²) in [6.07, 6.45) is 3.37. The number of halogens is 1. The molecule has 33 heavy (non-hydrogen) atoms. The van der Waals surface area contributed by atoms with Crippen LogP contribution in [0.2, 0.25) is 0 Å². The van der Waals surface area contributed by atoms with Gasteiger partial charge in [-0.1, -0.05) is 12.1 Å². The normalized spacial score (nSPS) is 13.2. The number of pyridine rings is 1. The summed E-state index contributed by atoms with van der Waals surface area (Å²) in [4.78, 5) is 35.3. The van der Waals surface area contributed by atoms with Crippen LogP contribution in [0.1, 0.15) is 12.8 Å². The standard InChI is InChI=1S/C21H21FNO7P.2Na/c1-28-15-6-4-14(5-7-15)16-10-23(12-30-31(25,26)27)20-18(29-11-13-2-3-13)9-8-17(22)19(20)21(16)24;;/h4-10,13H,2-3,11-12H2,1H3,(H2,25,26,27);;/q;2*+1/p-2. The van der Waals surface area contributed by atoms with Crippen LogP contribution in [-0.4, -0.2) is 18.3 Å². The zero-order valence-electron chi connectivity index (χ0n) is 18.6. The Balaban J connectivity index is 0.00000193. The van der Waals surface area contributed by atoms with Crippen LogP contribution in [-0.2, 0) is 15.8 Å². The van der Waals surface area contributed by atoms with Gasteiger partial charge in [0.2, 0.25) is 0 Å². The molecule has 3 aromatic rings. The number of nitrogens with zero attached hydrogens (tertiary/aromatic N) is 1. The molecule has 1 aromatic heterocycles. The minimum atomic E-state index is -5.32. The molecule has 0 spiro atoms. The number of rotatable bonds is 8. The van der Waals surface area contributed by atoms with Gasteiger partial charge in [0.05, 0.1) is 32.4 Å². The van der Waals surface area contributed by atoms with E-state index in [0.29, 0.717) is 23.8 Å². The van der Waals surface area contributed by atoms with Crippen molar-refractivity contribution < 1.29 is 91.9 Å². The van der Waals surface area contributed by atoms with Gasteiger partial charge < -0.3 is 32.9 Å². The molecule has 1 saturated carbocycles. The quantitative estimate of drug-likeness (QED) is 0.236. The van der Waals surface area contributed by atoms with Crippen molar-refractivity contribution in [3.8, 4) is 22.6 Å². The second-order valence-corrected chi connectivity index (χ2v) is 8.45. The maximum Gasteiger partial charge on any atom is 1.00 e. The van der Waals surface area contributed by atoms with Crippen molar-refractivity contribution in [1.29, 1.82) is 0 Å². The van der Waals surface area contributed by atoms with Crippen LogP contribution in [0.25, 0.3) is 22.0 Å². The third-order valence-electron chi connectivity index (χ3n) is 5.06. The molecule has 4 rings (SSSR count). The fraction of sp³-hybridized carbons (Fsp3) is 0.286. The molecule has 0 atom stereocenters. The predicted molar refractivity (Wildman–Crippen MR) is 107 cm³/mol. The summed E-state index contributed by atoms with van der Waals surface area (Å²) >= 11 is 0. The Bertz CT molecular complexity index is 1230. The fourth-order valence-electron chi connectivity index (χ4n) is 3.28. The summed E-state index contributed by atoms with van der Waals surface area (Å²) in [5.74, 6) is 0.361. The van der Waals surface area contributed by atoms with Gasteiger partial charge in [-0.15, -0.1) is 0 Å². The van der Waals surface area contributed by atoms with E-state index in [9.17, 15) is 23.5 Å². The molecule has 1 heterocycles. The van der Waals surface area contributed by atoms with Crippen molar-refractivity contribution in [2.24, 2.45) is 5.92 Å². The van der Waals surface area contributed by atoms with Gasteiger partial charge >= 0.3 is 59.1 Å². The number of methoxy groups -OCH3 is 1. The summed E-state index contributed by atoms with van der Waals surface area (Å²) < 4.78 is 42.4. The molecule has 1 aliphatic carbocycles. The first-order valence-electron chi connectivity index (χ1n) is 9.56. The first-order valence-corrected chi connectivity index (χ1v) is 11.0. The van der Waals surface area contributed by atoms with Gasteiger partial charge in [0.1, 0.15) is 24.0 Å². The van der Waals surface area contributed by atoms with Crippen LogP contribution in [0.15, 0.2) is 47.4 Å². The molecule has 8 nitrogen and oxygen atoms in total. The molecule has 0 bridgehead atoms. The third-order valence-corrected chi connectivity index (χ3v) is 5.49. The molecule has 0 saturated heterocycles. The maximum atomic E-state index is 14.8. The van der Waals surface area contributed by atoms with E-state index in [1.165, 1.54) is 23.9 Å². The first-order chi connectivity index (χ1) is 14.8. The van der Waals surface area contributed by atoms with Crippen LogP contribution in [0.4, 0.5) is 4.39 Å². The number of benzene rings is 2. The van der Waals surface area contributed by atoms with Gasteiger partial charge in [-0.25, -0.2) is 4.39 Å². The van der Waals surface area contributed by atoms with Gasteiger partial charge in [-0.05, 0) is 48.6 Å². The predicted octanol–water partition coefficient (Wildman–Crippen LogP) is -3.58. The van der Waals surface area contributed by atoms with Crippen molar-refractivity contribution in [2.75, 3.05) is 13.7 Å².